The van der Waals surface area contributed by atoms with Gasteiger partial charge in [-0.15, -0.1) is 0 Å². The van der Waals surface area contributed by atoms with E-state index in [9.17, 15) is 4.79 Å². The molecule has 0 aliphatic carbocycles. The van der Waals surface area contributed by atoms with E-state index in [0.717, 1.165) is 25.9 Å². The molecule has 0 radical (unpaired) electrons. The maximum Gasteiger partial charge on any atom is 0.224 e. The summed E-state index contributed by atoms with van der Waals surface area (Å²) in [5, 5.41) is 8.66. The lowest BCUT2D eigenvalue weighted by Gasteiger charge is -2.33. The molecule has 0 bridgehead atoms. The average Bonchev–Trinajstić information content (AvgIpc) is 2.24. The third-order valence-corrected chi connectivity index (χ3v) is 2.85. The first kappa shape index (κ1) is 14.4. The number of carbonyl (C=O) groups excluding carboxylic acids is 1. The van der Waals surface area contributed by atoms with Gasteiger partial charge in [0.1, 0.15) is 0 Å². The molecule has 0 unspecified atom stereocenters. The minimum absolute atomic E-state index is 0.0561. The lowest BCUT2D eigenvalue weighted by Crippen LogP contribution is -2.45. The van der Waals surface area contributed by atoms with Crippen molar-refractivity contribution in [3.05, 3.63) is 0 Å². The number of nitrogens with zero attached hydrogens (tertiary/aromatic N) is 1. The molecule has 0 atom stereocenters. The molecule has 1 fully saturated rings. The molecule has 0 saturated carbocycles. The number of amides is 1. The Balaban J connectivity index is 2.29. The van der Waals surface area contributed by atoms with E-state index in [-0.39, 0.29) is 18.6 Å². The van der Waals surface area contributed by atoms with E-state index in [1.165, 1.54) is 0 Å². The second-order valence-corrected chi connectivity index (χ2v) is 5.34. The Morgan fingerprint density at radius 3 is 2.53 bits per heavy atom. The molecule has 0 aromatic heterocycles. The fraction of sp³-hybridized carbons (Fsp3) is 0.917. The van der Waals surface area contributed by atoms with Crippen LogP contribution in [0.3, 0.4) is 0 Å². The summed E-state index contributed by atoms with van der Waals surface area (Å²) in [6.07, 6.45) is 2.25. The van der Waals surface area contributed by atoms with E-state index >= 15 is 0 Å². The number of hydrogen-bond acceptors (Lipinski definition) is 4. The van der Waals surface area contributed by atoms with Gasteiger partial charge in [-0.1, -0.05) is 0 Å². The summed E-state index contributed by atoms with van der Waals surface area (Å²) in [5.41, 5.74) is 5.39. The molecule has 1 amide bonds. The van der Waals surface area contributed by atoms with Gasteiger partial charge < -0.3 is 20.5 Å². The number of aliphatic hydroxyl groups excluding tert-OH is 1. The molecule has 0 spiro atoms. The Labute approximate surface area is 103 Å². The molecular formula is C12H24N2O3. The summed E-state index contributed by atoms with van der Waals surface area (Å²) >= 11 is 0. The van der Waals surface area contributed by atoms with Crippen LogP contribution in [0.2, 0.25) is 0 Å². The number of rotatable bonds is 5. The summed E-state index contributed by atoms with van der Waals surface area (Å²) < 4.78 is 5.45. The highest BCUT2D eigenvalue weighted by Gasteiger charge is 2.26. The van der Waals surface area contributed by atoms with Crippen molar-refractivity contribution in [1.82, 2.24) is 4.90 Å². The lowest BCUT2D eigenvalue weighted by atomic mass is 10.00. The van der Waals surface area contributed by atoms with E-state index in [1.54, 1.807) is 0 Å². The molecule has 1 saturated heterocycles. The summed E-state index contributed by atoms with van der Waals surface area (Å²) in [7, 11) is 0. The van der Waals surface area contributed by atoms with Gasteiger partial charge in [0.15, 0.2) is 0 Å². The first-order chi connectivity index (χ1) is 7.92. The van der Waals surface area contributed by atoms with Crippen LogP contribution in [-0.4, -0.2) is 53.9 Å². The lowest BCUT2D eigenvalue weighted by molar-refractivity contribution is -0.135. The summed E-state index contributed by atoms with van der Waals surface area (Å²) in [6, 6.07) is 0. The predicted octanol–water partition coefficient (Wildman–Crippen LogP) is 0.114. The molecular weight excluding hydrogens is 220 g/mol. The van der Waals surface area contributed by atoms with Gasteiger partial charge in [0, 0.05) is 25.0 Å². The second kappa shape index (κ2) is 6.33. The average molecular weight is 244 g/mol. The minimum Gasteiger partial charge on any atom is -0.394 e. The fourth-order valence-electron chi connectivity index (χ4n) is 1.99. The third-order valence-electron chi connectivity index (χ3n) is 2.85. The van der Waals surface area contributed by atoms with Crippen LogP contribution in [0.15, 0.2) is 0 Å². The largest absolute Gasteiger partial charge is 0.394 e. The van der Waals surface area contributed by atoms with Crippen molar-refractivity contribution >= 4 is 5.91 Å². The Hall–Kier alpha value is -0.650. The zero-order valence-corrected chi connectivity index (χ0v) is 10.8. The van der Waals surface area contributed by atoms with Crippen molar-refractivity contribution in [2.75, 3.05) is 26.3 Å². The van der Waals surface area contributed by atoms with Crippen molar-refractivity contribution in [1.29, 1.82) is 0 Å². The predicted molar refractivity (Wildman–Crippen MR) is 65.5 cm³/mol. The van der Waals surface area contributed by atoms with E-state index in [1.807, 2.05) is 18.7 Å². The Morgan fingerprint density at radius 1 is 1.47 bits per heavy atom. The maximum absolute atomic E-state index is 11.9. The van der Waals surface area contributed by atoms with Crippen LogP contribution in [0.1, 0.15) is 33.1 Å². The topological polar surface area (TPSA) is 75.8 Å². The molecule has 100 valence electrons. The normalized spacial score (nSPS) is 18.5. The number of hydrogen-bond donors (Lipinski definition) is 2. The fourth-order valence-corrected chi connectivity index (χ4v) is 1.99. The monoisotopic (exact) mass is 244 g/mol. The molecule has 1 aliphatic heterocycles. The number of carbonyl (C=O) groups is 1. The smallest absolute Gasteiger partial charge is 0.224 e. The van der Waals surface area contributed by atoms with E-state index < -0.39 is 5.54 Å². The summed E-state index contributed by atoms with van der Waals surface area (Å²) in [5.74, 6) is 0.123. The van der Waals surface area contributed by atoms with Crippen LogP contribution < -0.4 is 5.73 Å². The number of ether oxygens (including phenoxy) is 1. The quantitative estimate of drug-likeness (QED) is 0.720. The SMILES string of the molecule is CC(C)(N)CC(=O)N1CCC(OCCO)CC1. The maximum atomic E-state index is 11.9. The van der Waals surface area contributed by atoms with Crippen molar-refractivity contribution in [3.8, 4) is 0 Å². The van der Waals surface area contributed by atoms with Crippen molar-refractivity contribution in [2.45, 2.75) is 44.8 Å². The van der Waals surface area contributed by atoms with Crippen molar-refractivity contribution in [3.63, 3.8) is 0 Å². The van der Waals surface area contributed by atoms with Gasteiger partial charge in [-0.05, 0) is 26.7 Å². The first-order valence-corrected chi connectivity index (χ1v) is 6.21. The van der Waals surface area contributed by atoms with Gasteiger partial charge in [0.05, 0.1) is 19.3 Å². The number of aliphatic hydroxyl groups is 1. The van der Waals surface area contributed by atoms with E-state index in [2.05, 4.69) is 0 Å². The van der Waals surface area contributed by atoms with Gasteiger partial charge in [0.25, 0.3) is 0 Å². The van der Waals surface area contributed by atoms with Crippen molar-refractivity contribution in [2.24, 2.45) is 5.73 Å². The molecule has 3 N–H and O–H groups in total. The number of likely N-dealkylation sites (tertiary alicyclic amines) is 1. The first-order valence-electron chi connectivity index (χ1n) is 6.21. The highest BCUT2D eigenvalue weighted by molar-refractivity contribution is 5.77. The van der Waals surface area contributed by atoms with Gasteiger partial charge in [-0.2, -0.15) is 0 Å². The van der Waals surface area contributed by atoms with E-state index in [4.69, 9.17) is 15.6 Å². The third kappa shape index (κ3) is 5.48. The molecule has 5 nitrogen and oxygen atoms in total. The Morgan fingerprint density at radius 2 is 2.06 bits per heavy atom. The Kier molecular flexibility index (Phi) is 5.36. The van der Waals surface area contributed by atoms with Crippen LogP contribution >= 0.6 is 0 Å². The van der Waals surface area contributed by atoms with E-state index in [0.29, 0.717) is 13.0 Å². The van der Waals surface area contributed by atoms with Gasteiger partial charge in [0.2, 0.25) is 5.91 Å². The summed E-state index contributed by atoms with van der Waals surface area (Å²) in [4.78, 5) is 13.8. The van der Waals surface area contributed by atoms with Crippen LogP contribution in [0.5, 0.6) is 0 Å². The van der Waals surface area contributed by atoms with Crippen LogP contribution in [0, 0.1) is 0 Å². The highest BCUT2D eigenvalue weighted by atomic mass is 16.5. The molecule has 17 heavy (non-hydrogen) atoms. The highest BCUT2D eigenvalue weighted by Crippen LogP contribution is 2.16. The molecule has 5 heteroatoms. The molecule has 0 aromatic rings. The van der Waals surface area contributed by atoms with Gasteiger partial charge in [-0.25, -0.2) is 0 Å². The van der Waals surface area contributed by atoms with Crippen LogP contribution in [0.4, 0.5) is 0 Å². The number of piperidine rings is 1. The Bertz CT molecular complexity index is 243. The summed E-state index contributed by atoms with van der Waals surface area (Å²) in [6.45, 7) is 5.62. The molecule has 1 heterocycles. The van der Waals surface area contributed by atoms with Gasteiger partial charge >= 0.3 is 0 Å². The standard InChI is InChI=1S/C12H24N2O3/c1-12(2,13)9-11(16)14-5-3-10(4-6-14)17-8-7-15/h10,15H,3-9,13H2,1-2H3. The second-order valence-electron chi connectivity index (χ2n) is 5.34. The van der Waals surface area contributed by atoms with Crippen molar-refractivity contribution < 1.29 is 14.6 Å². The molecule has 0 aromatic carbocycles. The number of nitrogens with two attached hydrogens (primary N) is 1. The van der Waals surface area contributed by atoms with Crippen LogP contribution in [0.25, 0.3) is 0 Å². The minimum atomic E-state index is -0.443. The van der Waals surface area contributed by atoms with Crippen LogP contribution in [-0.2, 0) is 9.53 Å². The molecule has 1 aliphatic rings. The molecule has 1 rings (SSSR count). The van der Waals surface area contributed by atoms with Gasteiger partial charge in [-0.3, -0.25) is 4.79 Å². The zero-order valence-electron chi connectivity index (χ0n) is 10.8. The zero-order chi connectivity index (χ0) is 12.9.